The van der Waals surface area contributed by atoms with Crippen LogP contribution >= 0.6 is 0 Å². The minimum atomic E-state index is -4.96. The van der Waals surface area contributed by atoms with Crippen LogP contribution in [-0.4, -0.2) is 12.1 Å². The van der Waals surface area contributed by atoms with Crippen molar-refractivity contribution < 1.29 is 22.7 Å². The fourth-order valence-corrected chi connectivity index (χ4v) is 2.58. The van der Waals surface area contributed by atoms with E-state index in [-0.39, 0.29) is 6.61 Å². The summed E-state index contributed by atoms with van der Waals surface area (Å²) in [6, 6.07) is 13.2. The highest BCUT2D eigenvalue weighted by Gasteiger charge is 2.41. The van der Waals surface area contributed by atoms with Gasteiger partial charge >= 0.3 is 12.1 Å². The fourth-order valence-electron chi connectivity index (χ4n) is 2.58. The Balaban J connectivity index is 1.86. The minimum Gasteiger partial charge on any atom is -0.454 e. The number of alkyl halides is 3. The van der Waals surface area contributed by atoms with Crippen LogP contribution in [0.1, 0.15) is 16.7 Å². The zero-order valence-electron chi connectivity index (χ0n) is 10.9. The molecule has 0 amide bonds. The molecule has 0 aliphatic heterocycles. The van der Waals surface area contributed by atoms with Gasteiger partial charge < -0.3 is 4.74 Å². The maximum Gasteiger partial charge on any atom is 0.490 e. The van der Waals surface area contributed by atoms with Crippen LogP contribution in [0.4, 0.5) is 13.2 Å². The molecule has 0 atom stereocenters. The van der Waals surface area contributed by atoms with Gasteiger partial charge in [-0.3, -0.25) is 0 Å². The summed E-state index contributed by atoms with van der Waals surface area (Å²) in [4.78, 5) is 10.8. The third-order valence-corrected chi connectivity index (χ3v) is 3.54. The Morgan fingerprint density at radius 2 is 1.76 bits per heavy atom. The molecule has 0 aromatic heterocycles. The molecule has 1 aliphatic carbocycles. The van der Waals surface area contributed by atoms with E-state index in [2.05, 4.69) is 4.74 Å². The Kier molecular flexibility index (Phi) is 3.20. The second-order valence-corrected chi connectivity index (χ2v) is 4.85. The summed E-state index contributed by atoms with van der Waals surface area (Å²) in [5.41, 5.74) is 4.74. The lowest BCUT2D eigenvalue weighted by molar-refractivity contribution is -0.201. The molecule has 0 radical (unpaired) electrons. The van der Waals surface area contributed by atoms with Gasteiger partial charge in [0.2, 0.25) is 0 Å². The first-order chi connectivity index (χ1) is 9.97. The van der Waals surface area contributed by atoms with Gasteiger partial charge in [0, 0.05) is 0 Å². The Morgan fingerprint density at radius 3 is 2.52 bits per heavy atom. The third-order valence-electron chi connectivity index (χ3n) is 3.54. The number of fused-ring (bicyclic) bond motifs is 3. The van der Waals surface area contributed by atoms with E-state index in [0.717, 1.165) is 22.3 Å². The monoisotopic (exact) mass is 292 g/mol. The molecule has 0 bridgehead atoms. The Morgan fingerprint density at radius 1 is 1.05 bits per heavy atom. The van der Waals surface area contributed by atoms with Gasteiger partial charge in [-0.2, -0.15) is 13.2 Å². The van der Waals surface area contributed by atoms with Crippen LogP contribution in [0.5, 0.6) is 0 Å². The molecule has 1 aliphatic rings. The number of hydrogen-bond donors (Lipinski definition) is 0. The highest BCUT2D eigenvalue weighted by Crippen LogP contribution is 2.38. The number of ether oxygens (including phenoxy) is 1. The predicted octanol–water partition coefficient (Wildman–Crippen LogP) is 3.86. The lowest BCUT2D eigenvalue weighted by atomic mass is 10.0. The van der Waals surface area contributed by atoms with Crippen LogP contribution in [-0.2, 0) is 22.6 Å². The first-order valence-corrected chi connectivity index (χ1v) is 6.40. The molecule has 0 spiro atoms. The number of halogens is 3. The van der Waals surface area contributed by atoms with Gasteiger partial charge in [-0.1, -0.05) is 42.5 Å². The molecule has 0 fully saturated rings. The van der Waals surface area contributed by atoms with Crippen molar-refractivity contribution in [1.82, 2.24) is 0 Å². The number of carbonyl (C=O) groups is 1. The Labute approximate surface area is 119 Å². The molecule has 0 saturated carbocycles. The summed E-state index contributed by atoms with van der Waals surface area (Å²) in [6.45, 7) is -0.366. The van der Waals surface area contributed by atoms with Gasteiger partial charge in [0.1, 0.15) is 6.61 Å². The largest absolute Gasteiger partial charge is 0.490 e. The molecule has 0 saturated heterocycles. The maximum atomic E-state index is 12.2. The Hall–Kier alpha value is -2.30. The second kappa shape index (κ2) is 4.91. The quantitative estimate of drug-likeness (QED) is 0.670. The van der Waals surface area contributed by atoms with E-state index >= 15 is 0 Å². The molecule has 2 aromatic carbocycles. The predicted molar refractivity (Wildman–Crippen MR) is 70.5 cm³/mol. The average molecular weight is 292 g/mol. The van der Waals surface area contributed by atoms with Crippen LogP contribution in [0.3, 0.4) is 0 Å². The molecule has 0 N–H and O–H groups in total. The van der Waals surface area contributed by atoms with E-state index in [1.54, 1.807) is 12.1 Å². The zero-order chi connectivity index (χ0) is 15.0. The molecular formula is C16H11F3O2. The number of esters is 1. The zero-order valence-corrected chi connectivity index (χ0v) is 10.9. The van der Waals surface area contributed by atoms with Crippen LogP contribution in [0.15, 0.2) is 42.5 Å². The van der Waals surface area contributed by atoms with Gasteiger partial charge in [-0.25, -0.2) is 4.79 Å². The molecule has 0 heterocycles. The van der Waals surface area contributed by atoms with E-state index in [4.69, 9.17) is 0 Å². The van der Waals surface area contributed by atoms with Crippen molar-refractivity contribution in [1.29, 1.82) is 0 Å². The summed E-state index contributed by atoms with van der Waals surface area (Å²) in [5.74, 6) is -2.16. The number of hydrogen-bond acceptors (Lipinski definition) is 2. The SMILES string of the molecule is O=C(OCc1cccc2c1Cc1ccccc1-2)C(F)(F)F. The van der Waals surface area contributed by atoms with Gasteiger partial charge in [0.15, 0.2) is 0 Å². The van der Waals surface area contributed by atoms with E-state index in [1.165, 1.54) is 0 Å². The van der Waals surface area contributed by atoms with Gasteiger partial charge in [0.25, 0.3) is 0 Å². The molecule has 5 heteroatoms. The van der Waals surface area contributed by atoms with Crippen molar-refractivity contribution in [3.8, 4) is 11.1 Å². The summed E-state index contributed by atoms with van der Waals surface area (Å²) in [5, 5.41) is 0. The fraction of sp³-hybridized carbons (Fsp3) is 0.188. The number of rotatable bonds is 2. The van der Waals surface area contributed by atoms with Crippen LogP contribution in [0.2, 0.25) is 0 Å². The second-order valence-electron chi connectivity index (χ2n) is 4.85. The molecule has 0 unspecified atom stereocenters. The molecular weight excluding hydrogens is 281 g/mol. The molecule has 21 heavy (non-hydrogen) atoms. The molecule has 3 rings (SSSR count). The summed E-state index contributed by atoms with van der Waals surface area (Å²) in [7, 11) is 0. The van der Waals surface area contributed by atoms with Crippen molar-refractivity contribution in [3.63, 3.8) is 0 Å². The van der Waals surface area contributed by atoms with Crippen molar-refractivity contribution in [2.75, 3.05) is 0 Å². The van der Waals surface area contributed by atoms with Crippen molar-refractivity contribution >= 4 is 5.97 Å². The average Bonchev–Trinajstić information content (AvgIpc) is 2.83. The van der Waals surface area contributed by atoms with E-state index in [1.807, 2.05) is 30.3 Å². The number of benzene rings is 2. The van der Waals surface area contributed by atoms with E-state index < -0.39 is 12.1 Å². The summed E-state index contributed by atoms with van der Waals surface area (Å²) >= 11 is 0. The van der Waals surface area contributed by atoms with E-state index in [9.17, 15) is 18.0 Å². The highest BCUT2D eigenvalue weighted by atomic mass is 19.4. The minimum absolute atomic E-state index is 0.366. The molecule has 108 valence electrons. The maximum absolute atomic E-state index is 12.2. The lowest BCUT2D eigenvalue weighted by Gasteiger charge is -2.10. The van der Waals surface area contributed by atoms with E-state index in [0.29, 0.717) is 12.0 Å². The van der Waals surface area contributed by atoms with Crippen LogP contribution < -0.4 is 0 Å². The first kappa shape index (κ1) is 13.7. The topological polar surface area (TPSA) is 26.3 Å². The molecule has 2 nitrogen and oxygen atoms in total. The van der Waals surface area contributed by atoms with Crippen LogP contribution in [0.25, 0.3) is 11.1 Å². The van der Waals surface area contributed by atoms with Gasteiger partial charge in [-0.15, -0.1) is 0 Å². The lowest BCUT2D eigenvalue weighted by Crippen LogP contribution is -2.25. The number of carbonyl (C=O) groups excluding carboxylic acids is 1. The van der Waals surface area contributed by atoms with Gasteiger partial charge in [0.05, 0.1) is 0 Å². The standard InChI is InChI=1S/C16H11F3O2/c17-16(18,19)15(20)21-9-11-5-3-7-13-12-6-2-1-4-10(12)8-14(11)13/h1-7H,8-9H2. The Bertz CT molecular complexity index is 705. The van der Waals surface area contributed by atoms with Gasteiger partial charge in [-0.05, 0) is 34.2 Å². The van der Waals surface area contributed by atoms with Crippen molar-refractivity contribution in [2.45, 2.75) is 19.2 Å². The normalized spacial score (nSPS) is 12.7. The van der Waals surface area contributed by atoms with Crippen LogP contribution in [0, 0.1) is 0 Å². The summed E-state index contributed by atoms with van der Waals surface area (Å²) < 4.78 is 40.9. The summed E-state index contributed by atoms with van der Waals surface area (Å²) in [6.07, 6.45) is -4.31. The van der Waals surface area contributed by atoms with Crippen molar-refractivity contribution in [2.24, 2.45) is 0 Å². The third kappa shape index (κ3) is 2.51. The first-order valence-electron chi connectivity index (χ1n) is 6.40. The van der Waals surface area contributed by atoms with Crippen molar-refractivity contribution in [3.05, 3.63) is 59.2 Å². The highest BCUT2D eigenvalue weighted by molar-refractivity contribution is 5.78. The molecule has 2 aromatic rings. The smallest absolute Gasteiger partial charge is 0.454 e.